The molecule has 9 heteroatoms. The lowest BCUT2D eigenvalue weighted by molar-refractivity contribution is -0.274. The van der Waals surface area contributed by atoms with Crippen molar-refractivity contribution in [2.75, 3.05) is 6.61 Å². The van der Waals surface area contributed by atoms with E-state index in [9.17, 15) is 23.1 Å². The summed E-state index contributed by atoms with van der Waals surface area (Å²) in [6.07, 6.45) is -5.78. The van der Waals surface area contributed by atoms with Crippen LogP contribution in [0.1, 0.15) is 6.42 Å². The van der Waals surface area contributed by atoms with Gasteiger partial charge in [0, 0.05) is 17.3 Å². The number of hydrogen-bond acceptors (Lipinski definition) is 4. The number of hydrogen-bond donors (Lipinski definition) is 1. The van der Waals surface area contributed by atoms with Gasteiger partial charge in [-0.2, -0.15) is 0 Å². The number of para-hydroxylation sites is 1. The van der Waals surface area contributed by atoms with E-state index in [0.717, 1.165) is 22.0 Å². The maximum atomic E-state index is 12.6. The molecule has 194 valence electrons. The molecule has 0 atom stereocenters. The average Bonchev–Trinajstić information content (AvgIpc) is 3.18. The summed E-state index contributed by atoms with van der Waals surface area (Å²) in [4.78, 5) is 11.6. The molecule has 5 rings (SSSR count). The lowest BCUT2D eigenvalue weighted by atomic mass is 10.0. The fraction of sp³-hybridized carbons (Fsp3) is 0.138. The van der Waals surface area contributed by atoms with Crippen molar-refractivity contribution >= 4 is 27.8 Å². The van der Waals surface area contributed by atoms with Crippen LogP contribution in [0.25, 0.3) is 32.8 Å². The Kier molecular flexibility index (Phi) is 6.83. The Morgan fingerprint density at radius 3 is 2.26 bits per heavy atom. The zero-order valence-electron chi connectivity index (χ0n) is 19.9. The van der Waals surface area contributed by atoms with E-state index in [2.05, 4.69) is 4.74 Å². The van der Waals surface area contributed by atoms with Gasteiger partial charge in [-0.3, -0.25) is 0 Å². The van der Waals surface area contributed by atoms with Crippen LogP contribution in [0.15, 0.2) is 91.0 Å². The molecule has 4 aromatic carbocycles. The van der Waals surface area contributed by atoms with Crippen LogP contribution in [0.2, 0.25) is 0 Å². The Bertz CT molecular complexity index is 1590. The van der Waals surface area contributed by atoms with Crippen molar-refractivity contribution in [1.82, 2.24) is 4.57 Å². The summed E-state index contributed by atoms with van der Waals surface area (Å²) in [5.41, 5.74) is 1.66. The molecule has 5 aromatic rings. The summed E-state index contributed by atoms with van der Waals surface area (Å²) >= 11 is 0. The molecule has 0 aliphatic heterocycles. The number of rotatable bonds is 8. The SMILES string of the molecule is O=C(O)Oc1c(-c2ccc(OC(F)(F)F)cc2)c2ccccc2n1CCCOc1cccc2ccccc12. The molecule has 38 heavy (non-hydrogen) atoms. The number of nitrogens with zero attached hydrogens (tertiary/aromatic N) is 1. The first-order valence-electron chi connectivity index (χ1n) is 11.8. The van der Waals surface area contributed by atoms with Gasteiger partial charge in [0.15, 0.2) is 0 Å². The van der Waals surface area contributed by atoms with Crippen LogP contribution in [-0.4, -0.2) is 28.8 Å². The van der Waals surface area contributed by atoms with Crippen molar-refractivity contribution in [1.29, 1.82) is 0 Å². The zero-order valence-corrected chi connectivity index (χ0v) is 19.9. The van der Waals surface area contributed by atoms with Crippen LogP contribution >= 0.6 is 0 Å². The highest BCUT2D eigenvalue weighted by Gasteiger charge is 2.31. The molecular formula is C29H22F3NO5. The van der Waals surface area contributed by atoms with Gasteiger partial charge in [0.2, 0.25) is 5.88 Å². The van der Waals surface area contributed by atoms with Crippen molar-refractivity contribution in [3.63, 3.8) is 0 Å². The Hall–Kier alpha value is -4.66. The van der Waals surface area contributed by atoms with E-state index >= 15 is 0 Å². The van der Waals surface area contributed by atoms with Gasteiger partial charge in [-0.15, -0.1) is 13.2 Å². The minimum absolute atomic E-state index is 0.0772. The molecule has 0 aliphatic rings. The highest BCUT2D eigenvalue weighted by Crippen LogP contribution is 2.41. The highest BCUT2D eigenvalue weighted by atomic mass is 19.4. The van der Waals surface area contributed by atoms with Crippen molar-refractivity contribution in [3.05, 3.63) is 91.0 Å². The molecule has 0 radical (unpaired) electrons. The molecule has 0 aliphatic carbocycles. The second-order valence-electron chi connectivity index (χ2n) is 8.47. The summed E-state index contributed by atoms with van der Waals surface area (Å²) in [5.74, 6) is 0.453. The first-order chi connectivity index (χ1) is 18.3. The predicted molar refractivity (Wildman–Crippen MR) is 137 cm³/mol. The number of ether oxygens (including phenoxy) is 3. The van der Waals surface area contributed by atoms with E-state index < -0.39 is 12.5 Å². The van der Waals surface area contributed by atoms with Crippen LogP contribution in [0.3, 0.4) is 0 Å². The van der Waals surface area contributed by atoms with E-state index in [0.29, 0.717) is 36.1 Å². The highest BCUT2D eigenvalue weighted by molar-refractivity contribution is 6.00. The topological polar surface area (TPSA) is 69.9 Å². The van der Waals surface area contributed by atoms with Crippen molar-refractivity contribution < 1.29 is 37.3 Å². The van der Waals surface area contributed by atoms with Gasteiger partial charge in [0.05, 0.1) is 17.7 Å². The normalized spacial score (nSPS) is 11.6. The van der Waals surface area contributed by atoms with Gasteiger partial charge in [0.25, 0.3) is 0 Å². The molecule has 0 bridgehead atoms. The summed E-state index contributed by atoms with van der Waals surface area (Å²) in [6, 6.07) is 26.2. The number of aromatic nitrogens is 1. The van der Waals surface area contributed by atoms with Crippen molar-refractivity contribution in [3.8, 4) is 28.5 Å². The van der Waals surface area contributed by atoms with Gasteiger partial charge < -0.3 is 23.9 Å². The van der Waals surface area contributed by atoms with Crippen LogP contribution in [0, 0.1) is 0 Å². The summed E-state index contributed by atoms with van der Waals surface area (Å²) < 4.78 is 54.8. The minimum atomic E-state index is -4.82. The monoisotopic (exact) mass is 521 g/mol. The van der Waals surface area contributed by atoms with Gasteiger partial charge in [-0.05, 0) is 41.6 Å². The van der Waals surface area contributed by atoms with Crippen LogP contribution in [-0.2, 0) is 6.54 Å². The quantitative estimate of drug-likeness (QED) is 0.166. The van der Waals surface area contributed by atoms with Crippen molar-refractivity contribution in [2.24, 2.45) is 0 Å². The summed E-state index contributed by atoms with van der Waals surface area (Å²) in [6.45, 7) is 0.745. The molecule has 0 saturated heterocycles. The molecule has 1 N–H and O–H groups in total. The third-order valence-electron chi connectivity index (χ3n) is 6.02. The lowest BCUT2D eigenvalue weighted by Crippen LogP contribution is -2.16. The second kappa shape index (κ2) is 10.4. The molecule has 0 saturated carbocycles. The maximum absolute atomic E-state index is 12.6. The van der Waals surface area contributed by atoms with E-state index in [-0.39, 0.29) is 11.6 Å². The molecule has 1 aromatic heterocycles. The van der Waals surface area contributed by atoms with E-state index in [1.54, 1.807) is 10.6 Å². The Balaban J connectivity index is 1.44. The van der Waals surface area contributed by atoms with Gasteiger partial charge in [-0.1, -0.05) is 66.7 Å². The van der Waals surface area contributed by atoms with Crippen LogP contribution in [0.4, 0.5) is 18.0 Å². The van der Waals surface area contributed by atoms with Gasteiger partial charge in [0.1, 0.15) is 11.5 Å². The number of carbonyl (C=O) groups is 1. The smallest absolute Gasteiger partial charge is 0.493 e. The second-order valence-corrected chi connectivity index (χ2v) is 8.47. The first kappa shape index (κ1) is 25.0. The fourth-order valence-electron chi connectivity index (χ4n) is 4.52. The standard InChI is InChI=1S/C29H22F3NO5/c30-29(31,32)38-21-15-13-20(14-16-21)26-23-10-3-4-11-24(23)33(27(26)37-28(34)35)17-6-18-36-25-12-5-8-19-7-1-2-9-22(19)25/h1-5,7-16H,6,17-18H2,(H,34,35). The van der Waals surface area contributed by atoms with E-state index in [1.165, 1.54) is 24.3 Å². The molecule has 0 unspecified atom stereocenters. The maximum Gasteiger partial charge on any atom is 0.573 e. The van der Waals surface area contributed by atoms with Gasteiger partial charge in [-0.25, -0.2) is 4.79 Å². The van der Waals surface area contributed by atoms with Gasteiger partial charge >= 0.3 is 12.5 Å². The molecular weight excluding hydrogens is 499 g/mol. The number of benzene rings is 4. The summed E-state index contributed by atoms with van der Waals surface area (Å²) in [7, 11) is 0. The largest absolute Gasteiger partial charge is 0.573 e. The van der Waals surface area contributed by atoms with E-state index in [4.69, 9.17) is 9.47 Å². The fourth-order valence-corrected chi connectivity index (χ4v) is 4.52. The minimum Gasteiger partial charge on any atom is -0.493 e. The molecule has 0 amide bonds. The molecule has 1 heterocycles. The average molecular weight is 521 g/mol. The van der Waals surface area contributed by atoms with Crippen LogP contribution < -0.4 is 14.2 Å². The zero-order chi connectivity index (χ0) is 26.7. The summed E-state index contributed by atoms with van der Waals surface area (Å²) in [5, 5.41) is 12.2. The van der Waals surface area contributed by atoms with Crippen LogP contribution in [0.5, 0.6) is 17.4 Å². The molecule has 0 spiro atoms. The molecule has 0 fully saturated rings. The number of alkyl halides is 3. The third kappa shape index (κ3) is 5.36. The Morgan fingerprint density at radius 1 is 0.842 bits per heavy atom. The lowest BCUT2D eigenvalue weighted by Gasteiger charge is -2.13. The predicted octanol–water partition coefficient (Wildman–Crippen LogP) is 7.89. The first-order valence-corrected chi connectivity index (χ1v) is 11.8. The van der Waals surface area contributed by atoms with Crippen molar-refractivity contribution in [2.45, 2.75) is 19.3 Å². The number of carboxylic acid groups (broad SMARTS) is 1. The molecule has 6 nitrogen and oxygen atoms in total. The Morgan fingerprint density at radius 2 is 1.53 bits per heavy atom. The number of fused-ring (bicyclic) bond motifs is 2. The number of aryl methyl sites for hydroxylation is 1. The van der Waals surface area contributed by atoms with E-state index in [1.807, 2.05) is 60.7 Å². The Labute approximate surface area is 215 Å². The third-order valence-corrected chi connectivity index (χ3v) is 6.02. The number of halogens is 3.